The lowest BCUT2D eigenvalue weighted by Gasteiger charge is -2.41. The van der Waals surface area contributed by atoms with Gasteiger partial charge in [-0.3, -0.25) is 0 Å². The maximum Gasteiger partial charge on any atom is 0.158 e. The van der Waals surface area contributed by atoms with Crippen molar-refractivity contribution in [2.75, 3.05) is 0 Å². The zero-order valence-corrected chi connectivity index (χ0v) is 7.58. The fourth-order valence-electron chi connectivity index (χ4n) is 2.33. The second kappa shape index (κ2) is 2.22. The van der Waals surface area contributed by atoms with E-state index in [1.165, 1.54) is 0 Å². The summed E-state index contributed by atoms with van der Waals surface area (Å²) in [5, 5.41) is 19.5. The van der Waals surface area contributed by atoms with E-state index in [0.29, 0.717) is 0 Å². The molecule has 3 heteroatoms. The summed E-state index contributed by atoms with van der Waals surface area (Å²) < 4.78 is 5.39. The quantitative estimate of drug-likeness (QED) is 0.564. The standard InChI is InChI=1S/C9H16O3/c1-8(11)4-3-6-5-9(8,2)12-7(6)10/h6-7,10-11H,3-5H2,1-2H3. The molecule has 4 atom stereocenters. The van der Waals surface area contributed by atoms with Crippen LogP contribution in [0.15, 0.2) is 0 Å². The minimum absolute atomic E-state index is 0.232. The van der Waals surface area contributed by atoms with E-state index in [1.54, 1.807) is 6.92 Å². The van der Waals surface area contributed by atoms with E-state index in [1.807, 2.05) is 6.92 Å². The third kappa shape index (κ3) is 0.934. The van der Waals surface area contributed by atoms with Crippen LogP contribution in [-0.4, -0.2) is 27.7 Å². The Bertz CT molecular complexity index is 198. The van der Waals surface area contributed by atoms with Crippen LogP contribution in [0.25, 0.3) is 0 Å². The molecular weight excluding hydrogens is 156 g/mol. The summed E-state index contributed by atoms with van der Waals surface area (Å²) in [6.45, 7) is 3.68. The third-order valence-electron chi connectivity index (χ3n) is 3.58. The van der Waals surface area contributed by atoms with Gasteiger partial charge in [0, 0.05) is 5.92 Å². The van der Waals surface area contributed by atoms with Crippen LogP contribution in [0.4, 0.5) is 0 Å². The minimum Gasteiger partial charge on any atom is -0.387 e. The number of aliphatic hydroxyl groups is 2. The van der Waals surface area contributed by atoms with E-state index >= 15 is 0 Å². The van der Waals surface area contributed by atoms with E-state index in [0.717, 1.165) is 19.3 Å². The Kier molecular flexibility index (Phi) is 1.57. The average Bonchev–Trinajstić information content (AvgIpc) is 2.19. The molecule has 0 spiro atoms. The van der Waals surface area contributed by atoms with Gasteiger partial charge in [-0.05, 0) is 33.1 Å². The molecule has 1 saturated heterocycles. The highest BCUT2D eigenvalue weighted by atomic mass is 16.6. The fourth-order valence-corrected chi connectivity index (χ4v) is 2.33. The molecule has 0 aromatic carbocycles. The first kappa shape index (κ1) is 8.48. The van der Waals surface area contributed by atoms with Gasteiger partial charge in [0.05, 0.1) is 11.2 Å². The van der Waals surface area contributed by atoms with Crippen molar-refractivity contribution in [2.45, 2.75) is 50.6 Å². The summed E-state index contributed by atoms with van der Waals surface area (Å²) in [4.78, 5) is 0. The van der Waals surface area contributed by atoms with Crippen LogP contribution in [0.1, 0.15) is 33.1 Å². The van der Waals surface area contributed by atoms with Gasteiger partial charge in [0.1, 0.15) is 0 Å². The topological polar surface area (TPSA) is 49.7 Å². The molecule has 12 heavy (non-hydrogen) atoms. The smallest absolute Gasteiger partial charge is 0.158 e. The highest BCUT2D eigenvalue weighted by Crippen LogP contribution is 2.49. The molecule has 0 aromatic rings. The summed E-state index contributed by atoms with van der Waals surface area (Å²) in [6, 6.07) is 0. The Morgan fingerprint density at radius 1 is 1.42 bits per heavy atom. The summed E-state index contributed by atoms with van der Waals surface area (Å²) in [5.74, 6) is 0.232. The number of ether oxygens (including phenoxy) is 1. The number of rotatable bonds is 0. The largest absolute Gasteiger partial charge is 0.387 e. The molecule has 2 bridgehead atoms. The second-order valence-corrected chi connectivity index (χ2v) is 4.52. The predicted molar refractivity (Wildman–Crippen MR) is 43.5 cm³/mol. The van der Waals surface area contributed by atoms with Gasteiger partial charge >= 0.3 is 0 Å². The van der Waals surface area contributed by atoms with Crippen LogP contribution < -0.4 is 0 Å². The molecule has 3 nitrogen and oxygen atoms in total. The van der Waals surface area contributed by atoms with Gasteiger partial charge in [-0.15, -0.1) is 0 Å². The van der Waals surface area contributed by atoms with Crippen molar-refractivity contribution >= 4 is 0 Å². The van der Waals surface area contributed by atoms with E-state index in [4.69, 9.17) is 4.74 Å². The molecule has 0 amide bonds. The van der Waals surface area contributed by atoms with Crippen molar-refractivity contribution in [1.82, 2.24) is 0 Å². The Morgan fingerprint density at radius 2 is 2.08 bits per heavy atom. The molecule has 4 unspecified atom stereocenters. The second-order valence-electron chi connectivity index (χ2n) is 4.52. The maximum atomic E-state index is 10.0. The van der Waals surface area contributed by atoms with Gasteiger partial charge < -0.3 is 14.9 Å². The Balaban J connectivity index is 2.28. The molecule has 1 aliphatic carbocycles. The molecule has 2 fully saturated rings. The molecule has 0 aromatic heterocycles. The van der Waals surface area contributed by atoms with E-state index in [2.05, 4.69) is 0 Å². The first-order chi connectivity index (χ1) is 5.45. The number of fused-ring (bicyclic) bond motifs is 2. The van der Waals surface area contributed by atoms with Crippen molar-refractivity contribution in [1.29, 1.82) is 0 Å². The van der Waals surface area contributed by atoms with E-state index in [-0.39, 0.29) is 5.92 Å². The number of hydrogen-bond donors (Lipinski definition) is 2. The van der Waals surface area contributed by atoms with Gasteiger partial charge in [0.2, 0.25) is 0 Å². The first-order valence-corrected chi connectivity index (χ1v) is 4.53. The van der Waals surface area contributed by atoms with Crippen LogP contribution >= 0.6 is 0 Å². The van der Waals surface area contributed by atoms with Crippen LogP contribution in [0, 0.1) is 5.92 Å². The third-order valence-corrected chi connectivity index (χ3v) is 3.58. The molecule has 2 rings (SSSR count). The summed E-state index contributed by atoms with van der Waals surface area (Å²) in [5.41, 5.74) is -1.31. The van der Waals surface area contributed by atoms with E-state index < -0.39 is 17.5 Å². The Morgan fingerprint density at radius 3 is 2.67 bits per heavy atom. The number of aliphatic hydroxyl groups excluding tert-OH is 1. The molecule has 0 radical (unpaired) electrons. The Labute approximate surface area is 72.3 Å². The van der Waals surface area contributed by atoms with Gasteiger partial charge in [0.25, 0.3) is 0 Å². The van der Waals surface area contributed by atoms with Crippen LogP contribution in [-0.2, 0) is 4.74 Å². The fraction of sp³-hybridized carbons (Fsp3) is 1.00. The van der Waals surface area contributed by atoms with Crippen LogP contribution in [0.3, 0.4) is 0 Å². The van der Waals surface area contributed by atoms with Gasteiger partial charge in [-0.1, -0.05) is 0 Å². The lowest BCUT2D eigenvalue weighted by Crippen LogP contribution is -2.51. The highest BCUT2D eigenvalue weighted by molar-refractivity contribution is 5.04. The average molecular weight is 172 g/mol. The zero-order chi connectivity index (χ0) is 8.98. The molecule has 1 heterocycles. The monoisotopic (exact) mass is 172 g/mol. The minimum atomic E-state index is -0.777. The molecule has 70 valence electrons. The number of hydrogen-bond acceptors (Lipinski definition) is 3. The highest BCUT2D eigenvalue weighted by Gasteiger charge is 2.56. The summed E-state index contributed by atoms with van der Waals surface area (Å²) in [7, 11) is 0. The molecular formula is C9H16O3. The molecule has 2 N–H and O–H groups in total. The normalized spacial score (nSPS) is 59.0. The van der Waals surface area contributed by atoms with Crippen molar-refractivity contribution in [3.05, 3.63) is 0 Å². The Hall–Kier alpha value is -0.120. The molecule has 1 aliphatic heterocycles. The lowest BCUT2D eigenvalue weighted by molar-refractivity contribution is -0.198. The van der Waals surface area contributed by atoms with E-state index in [9.17, 15) is 10.2 Å². The maximum absolute atomic E-state index is 10.0. The SMILES string of the molecule is CC1(O)CCC2CC1(C)OC2O. The molecule has 1 saturated carbocycles. The van der Waals surface area contributed by atoms with Crippen LogP contribution in [0.2, 0.25) is 0 Å². The summed E-state index contributed by atoms with van der Waals surface area (Å²) in [6.07, 6.45) is 1.71. The zero-order valence-electron chi connectivity index (χ0n) is 7.58. The lowest BCUT2D eigenvalue weighted by atomic mass is 9.71. The first-order valence-electron chi connectivity index (χ1n) is 4.53. The van der Waals surface area contributed by atoms with Gasteiger partial charge in [0.15, 0.2) is 6.29 Å². The van der Waals surface area contributed by atoms with Crippen molar-refractivity contribution < 1.29 is 14.9 Å². The van der Waals surface area contributed by atoms with Crippen molar-refractivity contribution in [3.63, 3.8) is 0 Å². The van der Waals surface area contributed by atoms with Crippen LogP contribution in [0.5, 0.6) is 0 Å². The summed E-state index contributed by atoms with van der Waals surface area (Å²) >= 11 is 0. The van der Waals surface area contributed by atoms with Gasteiger partial charge in [-0.25, -0.2) is 0 Å². The van der Waals surface area contributed by atoms with Gasteiger partial charge in [-0.2, -0.15) is 0 Å². The van der Waals surface area contributed by atoms with Crippen molar-refractivity contribution in [2.24, 2.45) is 5.92 Å². The predicted octanol–water partition coefficient (Wildman–Crippen LogP) is 0.645. The molecule has 2 aliphatic rings. The van der Waals surface area contributed by atoms with Crippen molar-refractivity contribution in [3.8, 4) is 0 Å².